The number of hydrogen-bond acceptors (Lipinski definition) is 4. The molecule has 0 spiro atoms. The highest BCUT2D eigenvalue weighted by Crippen LogP contribution is 2.21. The fourth-order valence-corrected chi connectivity index (χ4v) is 2.48. The SMILES string of the molecule is CC(C)(O)C(C)(C)NC(=O)CC1CSCCN1. The minimum atomic E-state index is -0.933. The lowest BCUT2D eigenvalue weighted by Gasteiger charge is -2.38. The van der Waals surface area contributed by atoms with E-state index in [2.05, 4.69) is 10.6 Å². The maximum atomic E-state index is 11.9. The molecule has 1 amide bonds. The Morgan fingerprint density at radius 3 is 2.59 bits per heavy atom. The van der Waals surface area contributed by atoms with Crippen LogP contribution < -0.4 is 10.6 Å². The van der Waals surface area contributed by atoms with Crippen molar-refractivity contribution in [3.05, 3.63) is 0 Å². The zero-order valence-corrected chi connectivity index (χ0v) is 12.0. The molecule has 1 aliphatic rings. The summed E-state index contributed by atoms with van der Waals surface area (Å²) in [5.74, 6) is 2.10. The Labute approximate surface area is 108 Å². The average Bonchev–Trinajstić information content (AvgIpc) is 2.16. The van der Waals surface area contributed by atoms with Crippen molar-refractivity contribution in [2.45, 2.75) is 51.3 Å². The van der Waals surface area contributed by atoms with Gasteiger partial charge in [0.05, 0.1) is 11.1 Å². The van der Waals surface area contributed by atoms with Gasteiger partial charge in [-0.15, -0.1) is 0 Å². The molecule has 0 radical (unpaired) electrons. The number of hydrogen-bond donors (Lipinski definition) is 3. The van der Waals surface area contributed by atoms with Crippen molar-refractivity contribution < 1.29 is 9.90 Å². The summed E-state index contributed by atoms with van der Waals surface area (Å²) in [7, 11) is 0. The Bertz CT molecular complexity index is 268. The van der Waals surface area contributed by atoms with Crippen molar-refractivity contribution in [3.8, 4) is 0 Å². The molecule has 1 saturated heterocycles. The van der Waals surface area contributed by atoms with Gasteiger partial charge in [0.1, 0.15) is 0 Å². The van der Waals surface area contributed by atoms with Crippen LogP contribution in [-0.2, 0) is 4.79 Å². The minimum Gasteiger partial charge on any atom is -0.388 e. The molecule has 1 unspecified atom stereocenters. The molecule has 0 saturated carbocycles. The van der Waals surface area contributed by atoms with Gasteiger partial charge in [0.2, 0.25) is 5.91 Å². The maximum Gasteiger partial charge on any atom is 0.222 e. The Morgan fingerprint density at radius 2 is 2.12 bits per heavy atom. The van der Waals surface area contributed by atoms with E-state index in [9.17, 15) is 9.90 Å². The Kier molecular flexibility index (Phi) is 4.86. The van der Waals surface area contributed by atoms with Gasteiger partial charge in [-0.3, -0.25) is 4.79 Å². The van der Waals surface area contributed by atoms with Crippen LogP contribution in [0.5, 0.6) is 0 Å². The van der Waals surface area contributed by atoms with E-state index in [4.69, 9.17) is 0 Å². The summed E-state index contributed by atoms with van der Waals surface area (Å²) in [5.41, 5.74) is -1.55. The summed E-state index contributed by atoms with van der Waals surface area (Å²) < 4.78 is 0. The molecule has 4 nitrogen and oxygen atoms in total. The van der Waals surface area contributed by atoms with E-state index in [1.807, 2.05) is 25.6 Å². The van der Waals surface area contributed by atoms with E-state index in [0.717, 1.165) is 18.1 Å². The second kappa shape index (κ2) is 5.59. The van der Waals surface area contributed by atoms with Crippen LogP contribution in [0.25, 0.3) is 0 Å². The standard InChI is InChI=1S/C12H24N2O2S/c1-11(2,12(3,4)16)14-10(15)7-9-8-17-6-5-13-9/h9,13,16H,5-8H2,1-4H3,(H,14,15). The number of rotatable bonds is 4. The topological polar surface area (TPSA) is 61.4 Å². The predicted molar refractivity (Wildman–Crippen MR) is 72.3 cm³/mol. The largest absolute Gasteiger partial charge is 0.388 e. The molecular formula is C12H24N2O2S. The zero-order valence-electron chi connectivity index (χ0n) is 11.2. The summed E-state index contributed by atoms with van der Waals surface area (Å²) in [4.78, 5) is 11.9. The Morgan fingerprint density at radius 1 is 1.47 bits per heavy atom. The van der Waals surface area contributed by atoms with Crippen LogP contribution in [0.4, 0.5) is 0 Å². The van der Waals surface area contributed by atoms with E-state index in [1.54, 1.807) is 13.8 Å². The monoisotopic (exact) mass is 260 g/mol. The van der Waals surface area contributed by atoms with Crippen molar-refractivity contribution in [2.24, 2.45) is 0 Å². The van der Waals surface area contributed by atoms with Crippen molar-refractivity contribution in [1.29, 1.82) is 0 Å². The molecule has 1 rings (SSSR count). The van der Waals surface area contributed by atoms with Crippen LogP contribution in [0.15, 0.2) is 0 Å². The highest BCUT2D eigenvalue weighted by Gasteiger charge is 2.36. The van der Waals surface area contributed by atoms with Crippen LogP contribution in [0.1, 0.15) is 34.1 Å². The summed E-state index contributed by atoms with van der Waals surface area (Å²) in [6, 6.07) is 0.256. The first kappa shape index (κ1) is 14.8. The van der Waals surface area contributed by atoms with Gasteiger partial charge in [-0.1, -0.05) is 0 Å². The average molecular weight is 260 g/mol. The molecule has 0 aromatic rings. The van der Waals surface area contributed by atoms with E-state index in [-0.39, 0.29) is 11.9 Å². The van der Waals surface area contributed by atoms with Gasteiger partial charge in [0.25, 0.3) is 0 Å². The van der Waals surface area contributed by atoms with Crippen molar-refractivity contribution in [3.63, 3.8) is 0 Å². The van der Waals surface area contributed by atoms with Gasteiger partial charge in [-0.05, 0) is 27.7 Å². The molecule has 1 atom stereocenters. The molecule has 1 fully saturated rings. The van der Waals surface area contributed by atoms with Gasteiger partial charge in [0, 0.05) is 30.5 Å². The van der Waals surface area contributed by atoms with Crippen molar-refractivity contribution in [2.75, 3.05) is 18.1 Å². The van der Waals surface area contributed by atoms with Crippen LogP contribution in [0.2, 0.25) is 0 Å². The number of carbonyl (C=O) groups is 1. The lowest BCUT2D eigenvalue weighted by Crippen LogP contribution is -2.58. The summed E-state index contributed by atoms with van der Waals surface area (Å²) >= 11 is 1.88. The Hall–Kier alpha value is -0.260. The number of aliphatic hydroxyl groups is 1. The summed E-state index contributed by atoms with van der Waals surface area (Å²) in [6.07, 6.45) is 0.479. The van der Waals surface area contributed by atoms with E-state index < -0.39 is 11.1 Å². The normalized spacial score (nSPS) is 22.3. The van der Waals surface area contributed by atoms with Crippen LogP contribution in [0.3, 0.4) is 0 Å². The Balaban J connectivity index is 2.43. The number of carbonyl (C=O) groups excluding carboxylic acids is 1. The van der Waals surface area contributed by atoms with Crippen LogP contribution in [0, 0.1) is 0 Å². The van der Waals surface area contributed by atoms with E-state index in [0.29, 0.717) is 6.42 Å². The van der Waals surface area contributed by atoms with Gasteiger partial charge >= 0.3 is 0 Å². The molecule has 0 bridgehead atoms. The molecule has 100 valence electrons. The molecular weight excluding hydrogens is 236 g/mol. The lowest BCUT2D eigenvalue weighted by atomic mass is 9.86. The summed E-state index contributed by atoms with van der Waals surface area (Å²) in [5, 5.41) is 16.2. The molecule has 0 aromatic carbocycles. The van der Waals surface area contributed by atoms with Gasteiger partial charge in [0.15, 0.2) is 0 Å². The second-order valence-corrected chi connectivity index (χ2v) is 6.81. The third-order valence-electron chi connectivity index (χ3n) is 3.41. The molecule has 1 heterocycles. The zero-order chi connectivity index (χ0) is 13.1. The minimum absolute atomic E-state index is 0.00266. The smallest absolute Gasteiger partial charge is 0.222 e. The maximum absolute atomic E-state index is 11.9. The summed E-state index contributed by atoms with van der Waals surface area (Å²) in [6.45, 7) is 8.07. The van der Waals surface area contributed by atoms with E-state index >= 15 is 0 Å². The van der Waals surface area contributed by atoms with Gasteiger partial charge < -0.3 is 15.7 Å². The van der Waals surface area contributed by atoms with Gasteiger partial charge in [-0.25, -0.2) is 0 Å². The fraction of sp³-hybridized carbons (Fsp3) is 0.917. The highest BCUT2D eigenvalue weighted by molar-refractivity contribution is 7.99. The first-order valence-corrected chi connectivity index (χ1v) is 7.22. The quantitative estimate of drug-likeness (QED) is 0.698. The first-order valence-electron chi connectivity index (χ1n) is 6.07. The number of nitrogens with one attached hydrogen (secondary N) is 2. The van der Waals surface area contributed by atoms with E-state index in [1.165, 1.54) is 0 Å². The third kappa shape index (κ3) is 4.48. The second-order valence-electron chi connectivity index (χ2n) is 5.66. The molecule has 0 aliphatic carbocycles. The van der Waals surface area contributed by atoms with Crippen molar-refractivity contribution >= 4 is 17.7 Å². The van der Waals surface area contributed by atoms with Gasteiger partial charge in [-0.2, -0.15) is 11.8 Å². The first-order chi connectivity index (χ1) is 7.72. The molecule has 0 aromatic heterocycles. The van der Waals surface area contributed by atoms with Crippen LogP contribution in [-0.4, -0.2) is 46.2 Å². The lowest BCUT2D eigenvalue weighted by molar-refractivity contribution is -0.126. The van der Waals surface area contributed by atoms with Crippen molar-refractivity contribution in [1.82, 2.24) is 10.6 Å². The molecule has 17 heavy (non-hydrogen) atoms. The highest BCUT2D eigenvalue weighted by atomic mass is 32.2. The fourth-order valence-electron chi connectivity index (χ4n) is 1.53. The molecule has 1 aliphatic heterocycles. The number of amides is 1. The third-order valence-corrected chi connectivity index (χ3v) is 4.54. The van der Waals surface area contributed by atoms with Crippen LogP contribution >= 0.6 is 11.8 Å². The molecule has 5 heteroatoms. The predicted octanol–water partition coefficient (Wildman–Crippen LogP) is 0.747. The molecule has 3 N–H and O–H groups in total. The number of thioether (sulfide) groups is 1.